The van der Waals surface area contributed by atoms with E-state index in [1.807, 2.05) is 54.6 Å². The lowest BCUT2D eigenvalue weighted by Crippen LogP contribution is -2.02. The summed E-state index contributed by atoms with van der Waals surface area (Å²) < 4.78 is 18.2. The Morgan fingerprint density at radius 2 is 1.91 bits per heavy atom. The summed E-state index contributed by atoms with van der Waals surface area (Å²) in [6, 6.07) is 20.4. The molecule has 0 unspecified atom stereocenters. The van der Waals surface area contributed by atoms with Gasteiger partial charge in [0.2, 0.25) is 5.78 Å². The first kappa shape index (κ1) is 20.2. The van der Waals surface area contributed by atoms with Crippen molar-refractivity contribution in [3.05, 3.63) is 100 Å². The van der Waals surface area contributed by atoms with Crippen LogP contribution < -0.4 is 4.74 Å². The van der Waals surface area contributed by atoms with Crippen LogP contribution in [-0.4, -0.2) is 15.9 Å². The van der Waals surface area contributed by atoms with E-state index in [1.165, 1.54) is 0 Å². The van der Waals surface area contributed by atoms with Crippen LogP contribution in [0.25, 0.3) is 22.2 Å². The van der Waals surface area contributed by atoms with Crippen molar-refractivity contribution in [2.24, 2.45) is 0 Å². The lowest BCUT2D eigenvalue weighted by atomic mass is 10.0. The number of pyridine rings is 1. The number of hydrogen-bond donors (Lipinski definition) is 0. The summed E-state index contributed by atoms with van der Waals surface area (Å²) in [5.74, 6) is 0.870. The van der Waals surface area contributed by atoms with Crippen molar-refractivity contribution in [3.63, 3.8) is 0 Å². The monoisotopic (exact) mass is 488 g/mol. The van der Waals surface area contributed by atoms with Gasteiger partial charge in [-0.3, -0.25) is 9.78 Å². The second kappa shape index (κ2) is 8.43. The molecule has 0 N–H and O–H groups in total. The topological polar surface area (TPSA) is 78.4 Å². The minimum Gasteiger partial charge on any atom is -0.483 e. The van der Waals surface area contributed by atoms with E-state index < -0.39 is 0 Å². The minimum absolute atomic E-state index is 0.193. The van der Waals surface area contributed by atoms with Crippen LogP contribution in [0.1, 0.15) is 27.6 Å². The van der Waals surface area contributed by atoms with E-state index in [-0.39, 0.29) is 11.5 Å². The third-order valence-electron chi connectivity index (χ3n) is 5.04. The van der Waals surface area contributed by atoms with Gasteiger partial charge < -0.3 is 13.7 Å². The SMILES string of the molecule is Cc1onc(-c2ccc(Br)cc2)c1C(=O)c1cc2cccc(OCc3ccccn3)c2o1. The molecule has 0 atom stereocenters. The van der Waals surface area contributed by atoms with Crippen molar-refractivity contribution in [2.45, 2.75) is 13.5 Å². The number of benzene rings is 2. The maximum Gasteiger partial charge on any atom is 0.234 e. The molecule has 5 aromatic rings. The number of halogens is 1. The molecule has 0 aliphatic carbocycles. The van der Waals surface area contributed by atoms with E-state index in [9.17, 15) is 4.79 Å². The molecule has 0 saturated heterocycles. The average Bonchev–Trinajstić information content (AvgIpc) is 3.42. The Morgan fingerprint density at radius 3 is 2.69 bits per heavy atom. The average molecular weight is 489 g/mol. The number of fused-ring (bicyclic) bond motifs is 1. The number of ketones is 1. The molecule has 3 aromatic heterocycles. The van der Waals surface area contributed by atoms with Crippen LogP contribution in [0.5, 0.6) is 5.75 Å². The Kier molecular flexibility index (Phi) is 5.33. The largest absolute Gasteiger partial charge is 0.483 e. The zero-order valence-electron chi connectivity index (χ0n) is 17.0. The maximum absolute atomic E-state index is 13.4. The molecule has 0 saturated carbocycles. The zero-order valence-corrected chi connectivity index (χ0v) is 18.6. The predicted octanol–water partition coefficient (Wildman–Crippen LogP) is 6.36. The van der Waals surface area contributed by atoms with E-state index in [4.69, 9.17) is 13.7 Å². The van der Waals surface area contributed by atoms with Gasteiger partial charge in [-0.2, -0.15) is 0 Å². The Balaban J connectivity index is 1.49. The number of nitrogens with zero attached hydrogens (tertiary/aromatic N) is 2. The van der Waals surface area contributed by atoms with Gasteiger partial charge >= 0.3 is 0 Å². The summed E-state index contributed by atoms with van der Waals surface area (Å²) in [7, 11) is 0. The van der Waals surface area contributed by atoms with E-state index in [0.29, 0.717) is 35.0 Å². The molecule has 0 fully saturated rings. The van der Waals surface area contributed by atoms with Crippen LogP contribution >= 0.6 is 15.9 Å². The van der Waals surface area contributed by atoms with E-state index in [2.05, 4.69) is 26.1 Å². The second-order valence-corrected chi connectivity index (χ2v) is 8.11. The highest BCUT2D eigenvalue weighted by Crippen LogP contribution is 2.33. The van der Waals surface area contributed by atoms with E-state index >= 15 is 0 Å². The summed E-state index contributed by atoms with van der Waals surface area (Å²) in [5.41, 5.74) is 2.94. The molecular formula is C25H17BrN2O4. The van der Waals surface area contributed by atoms with Crippen molar-refractivity contribution < 1.29 is 18.5 Å². The van der Waals surface area contributed by atoms with Crippen molar-refractivity contribution >= 4 is 32.7 Å². The van der Waals surface area contributed by atoms with Crippen molar-refractivity contribution in [1.29, 1.82) is 0 Å². The molecule has 0 amide bonds. The molecule has 0 radical (unpaired) electrons. The fourth-order valence-electron chi connectivity index (χ4n) is 3.46. The van der Waals surface area contributed by atoms with Crippen LogP contribution in [0.4, 0.5) is 0 Å². The number of carbonyl (C=O) groups is 1. The quantitative estimate of drug-likeness (QED) is 0.258. The number of ether oxygens (including phenoxy) is 1. The van der Waals surface area contributed by atoms with Gasteiger partial charge in [-0.15, -0.1) is 0 Å². The van der Waals surface area contributed by atoms with Gasteiger partial charge in [0.05, 0.1) is 11.3 Å². The van der Waals surface area contributed by atoms with Gasteiger partial charge in [0.15, 0.2) is 17.1 Å². The summed E-state index contributed by atoms with van der Waals surface area (Å²) in [5, 5.41) is 4.88. The van der Waals surface area contributed by atoms with Gasteiger partial charge in [-0.1, -0.05) is 51.4 Å². The number of aryl methyl sites for hydroxylation is 1. The first-order valence-corrected chi connectivity index (χ1v) is 10.7. The molecule has 0 spiro atoms. The second-order valence-electron chi connectivity index (χ2n) is 7.19. The van der Waals surface area contributed by atoms with Crippen LogP contribution in [0.3, 0.4) is 0 Å². The highest BCUT2D eigenvalue weighted by molar-refractivity contribution is 9.10. The maximum atomic E-state index is 13.4. The summed E-state index contributed by atoms with van der Waals surface area (Å²) in [6.45, 7) is 2.01. The number of para-hydroxylation sites is 1. The number of carbonyl (C=O) groups excluding carboxylic acids is 1. The Hall–Kier alpha value is -3.71. The van der Waals surface area contributed by atoms with Crippen LogP contribution in [0.15, 0.2) is 86.3 Å². The molecule has 0 aliphatic heterocycles. The van der Waals surface area contributed by atoms with Gasteiger partial charge in [0.1, 0.15) is 18.1 Å². The van der Waals surface area contributed by atoms with Gasteiger partial charge in [-0.05, 0) is 43.3 Å². The molecule has 0 aliphatic rings. The number of hydrogen-bond acceptors (Lipinski definition) is 6. The predicted molar refractivity (Wildman–Crippen MR) is 123 cm³/mol. The van der Waals surface area contributed by atoms with Crippen molar-refractivity contribution in [2.75, 3.05) is 0 Å². The molecule has 2 aromatic carbocycles. The number of furan rings is 1. The molecule has 5 rings (SSSR count). The zero-order chi connectivity index (χ0) is 22.1. The Morgan fingerprint density at radius 1 is 1.06 bits per heavy atom. The summed E-state index contributed by atoms with van der Waals surface area (Å²) in [4.78, 5) is 17.7. The molecule has 0 bridgehead atoms. The van der Waals surface area contributed by atoms with E-state index in [1.54, 1.807) is 25.3 Å². The van der Waals surface area contributed by atoms with Crippen molar-refractivity contribution in [3.8, 4) is 17.0 Å². The molecule has 7 heteroatoms. The lowest BCUT2D eigenvalue weighted by molar-refractivity contribution is 0.101. The van der Waals surface area contributed by atoms with Crippen molar-refractivity contribution in [1.82, 2.24) is 10.1 Å². The third kappa shape index (κ3) is 3.83. The normalized spacial score (nSPS) is 11.1. The summed E-state index contributed by atoms with van der Waals surface area (Å²) in [6.07, 6.45) is 1.72. The van der Waals surface area contributed by atoms with Crippen LogP contribution in [0, 0.1) is 6.92 Å². The first-order chi connectivity index (χ1) is 15.6. The number of rotatable bonds is 6. The standard InChI is InChI=1S/C25H17BrN2O4/c1-15-22(23(28-32-15)16-8-10-18(26)11-9-16)24(29)21-13-17-5-4-7-20(25(17)31-21)30-14-19-6-2-3-12-27-19/h2-13H,14H2,1H3. The van der Waals surface area contributed by atoms with Gasteiger partial charge in [-0.25, -0.2) is 0 Å². The highest BCUT2D eigenvalue weighted by Gasteiger charge is 2.26. The van der Waals surface area contributed by atoms with Gasteiger partial charge in [0, 0.05) is 21.6 Å². The number of aromatic nitrogens is 2. The molecular weight excluding hydrogens is 472 g/mol. The fourth-order valence-corrected chi connectivity index (χ4v) is 3.73. The first-order valence-electron chi connectivity index (χ1n) is 9.92. The van der Waals surface area contributed by atoms with E-state index in [0.717, 1.165) is 21.1 Å². The summed E-state index contributed by atoms with van der Waals surface area (Å²) >= 11 is 3.42. The van der Waals surface area contributed by atoms with Crippen LogP contribution in [-0.2, 0) is 6.61 Å². The minimum atomic E-state index is -0.298. The Bertz CT molecular complexity index is 1410. The Labute approximate surface area is 192 Å². The fraction of sp³-hybridized carbons (Fsp3) is 0.0800. The third-order valence-corrected chi connectivity index (χ3v) is 5.57. The smallest absolute Gasteiger partial charge is 0.234 e. The molecule has 3 heterocycles. The van der Waals surface area contributed by atoms with Gasteiger partial charge in [0.25, 0.3) is 0 Å². The molecule has 6 nitrogen and oxygen atoms in total. The van der Waals surface area contributed by atoms with Crippen LogP contribution in [0.2, 0.25) is 0 Å². The molecule has 158 valence electrons. The lowest BCUT2D eigenvalue weighted by Gasteiger charge is -2.05. The highest BCUT2D eigenvalue weighted by atomic mass is 79.9. The molecule has 32 heavy (non-hydrogen) atoms.